The number of carbonyl (C=O) groups excluding carboxylic acids is 1. The molecule has 6 nitrogen and oxygen atoms in total. The first-order valence-corrected chi connectivity index (χ1v) is 12.6. The molecule has 0 saturated carbocycles. The summed E-state index contributed by atoms with van der Waals surface area (Å²) in [7, 11) is 0. The van der Waals surface area contributed by atoms with Crippen molar-refractivity contribution in [3.05, 3.63) is 59.4 Å². The van der Waals surface area contributed by atoms with Crippen molar-refractivity contribution in [1.29, 1.82) is 0 Å². The zero-order valence-corrected chi connectivity index (χ0v) is 20.7. The summed E-state index contributed by atoms with van der Waals surface area (Å²) in [6.45, 7) is 8.30. The Morgan fingerprint density at radius 3 is 2.59 bits per heavy atom. The Morgan fingerprint density at radius 1 is 1.15 bits per heavy atom. The molecule has 3 aromatic rings. The molecular weight excluding hydrogens is 451 g/mol. The number of fused-ring (bicyclic) bond motifs is 3. The van der Waals surface area contributed by atoms with E-state index in [0.717, 1.165) is 23.3 Å². The van der Waals surface area contributed by atoms with E-state index in [2.05, 4.69) is 36.0 Å². The van der Waals surface area contributed by atoms with Gasteiger partial charge in [-0.15, -0.1) is 10.2 Å². The standard InChI is InChI=1S/C26H29FN4O2S/c1-5-7-22(32)31-21-13-8-17(6-2)14-20(21)23-24(28-26(30-29-23)34-15-16(3)4)33-25(31)18-9-11-19(27)12-10-18/h8-14,16,25H,5-7,15H2,1-4H3. The molecule has 1 unspecified atom stereocenters. The van der Waals surface area contributed by atoms with Crippen molar-refractivity contribution >= 4 is 23.4 Å². The van der Waals surface area contributed by atoms with Gasteiger partial charge in [-0.25, -0.2) is 4.39 Å². The van der Waals surface area contributed by atoms with Gasteiger partial charge in [0.2, 0.25) is 23.2 Å². The van der Waals surface area contributed by atoms with Crippen molar-refractivity contribution in [3.8, 4) is 17.1 Å². The summed E-state index contributed by atoms with van der Waals surface area (Å²) in [5.41, 5.74) is 3.69. The summed E-state index contributed by atoms with van der Waals surface area (Å²) in [5, 5.41) is 9.36. The molecule has 1 atom stereocenters. The molecule has 0 bridgehead atoms. The second-order valence-electron chi connectivity index (χ2n) is 8.69. The first kappa shape index (κ1) is 24.1. The average molecular weight is 481 g/mol. The lowest BCUT2D eigenvalue weighted by Gasteiger charge is -2.31. The van der Waals surface area contributed by atoms with Gasteiger partial charge in [0.05, 0.1) is 5.69 Å². The molecule has 0 radical (unpaired) electrons. The normalized spacial score (nSPS) is 14.9. The van der Waals surface area contributed by atoms with E-state index < -0.39 is 6.23 Å². The number of aryl methyl sites for hydroxylation is 1. The molecule has 1 aliphatic rings. The van der Waals surface area contributed by atoms with Crippen LogP contribution in [0.1, 0.15) is 57.9 Å². The second-order valence-corrected chi connectivity index (χ2v) is 9.68. The Labute approximate surface area is 204 Å². The van der Waals surface area contributed by atoms with Gasteiger partial charge < -0.3 is 4.74 Å². The maximum atomic E-state index is 13.7. The van der Waals surface area contributed by atoms with E-state index in [-0.39, 0.29) is 11.7 Å². The van der Waals surface area contributed by atoms with Crippen molar-refractivity contribution in [2.45, 2.75) is 58.3 Å². The number of hydrogen-bond acceptors (Lipinski definition) is 6. The molecule has 2 heterocycles. The summed E-state index contributed by atoms with van der Waals surface area (Å²) in [5.74, 6) is 1.19. The van der Waals surface area contributed by atoms with Gasteiger partial charge in [-0.2, -0.15) is 4.98 Å². The molecule has 0 aliphatic carbocycles. The SMILES string of the molecule is CCCC(=O)N1c2ccc(CC)cc2-c2nnc(SCC(C)C)nc2OC1c1ccc(F)cc1. The van der Waals surface area contributed by atoms with Gasteiger partial charge in [0, 0.05) is 23.3 Å². The van der Waals surface area contributed by atoms with Crippen LogP contribution in [0.4, 0.5) is 10.1 Å². The Kier molecular flexibility index (Phi) is 7.46. The highest BCUT2D eigenvalue weighted by Crippen LogP contribution is 2.44. The lowest BCUT2D eigenvalue weighted by molar-refractivity contribution is -0.120. The van der Waals surface area contributed by atoms with Crippen LogP contribution in [0.5, 0.6) is 5.88 Å². The Hall–Kier alpha value is -3.00. The first-order valence-electron chi connectivity index (χ1n) is 11.7. The Bertz CT molecular complexity index is 1170. The van der Waals surface area contributed by atoms with Crippen LogP contribution >= 0.6 is 11.8 Å². The molecule has 178 valence electrons. The van der Waals surface area contributed by atoms with E-state index in [4.69, 9.17) is 4.74 Å². The fourth-order valence-electron chi connectivity index (χ4n) is 3.78. The highest BCUT2D eigenvalue weighted by molar-refractivity contribution is 7.99. The number of ether oxygens (including phenoxy) is 1. The highest BCUT2D eigenvalue weighted by atomic mass is 32.2. The van der Waals surface area contributed by atoms with Crippen LogP contribution in [0.2, 0.25) is 0 Å². The van der Waals surface area contributed by atoms with Gasteiger partial charge in [-0.05, 0) is 48.6 Å². The first-order chi connectivity index (χ1) is 16.4. The number of aromatic nitrogens is 3. The fraction of sp³-hybridized carbons (Fsp3) is 0.385. The minimum Gasteiger partial charge on any atom is -0.447 e. The molecule has 34 heavy (non-hydrogen) atoms. The van der Waals surface area contributed by atoms with Gasteiger partial charge in [0.25, 0.3) is 0 Å². The summed E-state index contributed by atoms with van der Waals surface area (Å²) in [6, 6.07) is 12.0. The molecule has 0 fully saturated rings. The highest BCUT2D eigenvalue weighted by Gasteiger charge is 2.35. The number of carbonyl (C=O) groups is 1. The van der Waals surface area contributed by atoms with Crippen molar-refractivity contribution < 1.29 is 13.9 Å². The second kappa shape index (κ2) is 10.5. The number of rotatable bonds is 7. The topological polar surface area (TPSA) is 68.2 Å². The van der Waals surface area contributed by atoms with E-state index in [1.54, 1.807) is 17.0 Å². The summed E-state index contributed by atoms with van der Waals surface area (Å²) < 4.78 is 20.1. The third kappa shape index (κ3) is 5.06. The number of amides is 1. The van der Waals surface area contributed by atoms with Crippen molar-refractivity contribution in [1.82, 2.24) is 15.2 Å². The maximum absolute atomic E-state index is 13.7. The van der Waals surface area contributed by atoms with Crippen LogP contribution in [0.3, 0.4) is 0 Å². The van der Waals surface area contributed by atoms with Gasteiger partial charge in [0.1, 0.15) is 5.82 Å². The summed E-state index contributed by atoms with van der Waals surface area (Å²) in [4.78, 5) is 19.8. The largest absolute Gasteiger partial charge is 0.447 e. The number of thioether (sulfide) groups is 1. The van der Waals surface area contributed by atoms with E-state index >= 15 is 0 Å². The fourth-order valence-corrected chi connectivity index (χ4v) is 4.51. The van der Waals surface area contributed by atoms with Gasteiger partial charge in [0.15, 0.2) is 5.69 Å². The monoisotopic (exact) mass is 480 g/mol. The predicted octanol–water partition coefficient (Wildman–Crippen LogP) is 6.21. The molecular formula is C26H29FN4O2S. The van der Waals surface area contributed by atoms with Gasteiger partial charge in [-0.1, -0.05) is 57.7 Å². The molecule has 1 aromatic heterocycles. The minimum absolute atomic E-state index is 0.0857. The van der Waals surface area contributed by atoms with Crippen LogP contribution in [0.15, 0.2) is 47.6 Å². The maximum Gasteiger partial charge on any atom is 0.247 e. The van der Waals surface area contributed by atoms with Crippen molar-refractivity contribution in [2.75, 3.05) is 10.7 Å². The zero-order chi connectivity index (χ0) is 24.2. The van der Waals surface area contributed by atoms with Crippen LogP contribution in [0.25, 0.3) is 11.3 Å². The smallest absolute Gasteiger partial charge is 0.247 e. The number of halogens is 1. The van der Waals surface area contributed by atoms with E-state index in [9.17, 15) is 9.18 Å². The predicted molar refractivity (Wildman–Crippen MR) is 132 cm³/mol. The van der Waals surface area contributed by atoms with Crippen molar-refractivity contribution in [2.24, 2.45) is 5.92 Å². The molecule has 8 heteroatoms. The molecule has 1 amide bonds. The lowest BCUT2D eigenvalue weighted by atomic mass is 10.0. The van der Waals surface area contributed by atoms with Crippen molar-refractivity contribution in [3.63, 3.8) is 0 Å². The van der Waals surface area contributed by atoms with Crippen LogP contribution in [-0.2, 0) is 11.2 Å². The third-order valence-electron chi connectivity index (χ3n) is 5.51. The number of nitrogens with zero attached hydrogens (tertiary/aromatic N) is 4. The van der Waals surface area contributed by atoms with Crippen LogP contribution < -0.4 is 9.64 Å². The molecule has 0 saturated heterocycles. The molecule has 4 rings (SSSR count). The Balaban J connectivity index is 1.91. The molecule has 2 aromatic carbocycles. The van der Waals surface area contributed by atoms with E-state index in [0.29, 0.717) is 46.7 Å². The third-order valence-corrected chi connectivity index (χ3v) is 6.77. The number of benzene rings is 2. The van der Waals surface area contributed by atoms with Crippen LogP contribution in [0, 0.1) is 11.7 Å². The number of anilines is 1. The lowest BCUT2D eigenvalue weighted by Crippen LogP contribution is -2.37. The van der Waals surface area contributed by atoms with Crippen LogP contribution in [-0.4, -0.2) is 26.8 Å². The van der Waals surface area contributed by atoms with Gasteiger partial charge in [-0.3, -0.25) is 9.69 Å². The van der Waals surface area contributed by atoms with E-state index in [1.807, 2.05) is 25.1 Å². The molecule has 0 N–H and O–H groups in total. The average Bonchev–Trinajstić information content (AvgIpc) is 2.97. The summed E-state index contributed by atoms with van der Waals surface area (Å²) >= 11 is 1.52. The Morgan fingerprint density at radius 2 is 1.91 bits per heavy atom. The van der Waals surface area contributed by atoms with Gasteiger partial charge >= 0.3 is 0 Å². The minimum atomic E-state index is -0.813. The zero-order valence-electron chi connectivity index (χ0n) is 19.9. The summed E-state index contributed by atoms with van der Waals surface area (Å²) in [6.07, 6.45) is 1.05. The quantitative estimate of drug-likeness (QED) is 0.374. The number of hydrogen-bond donors (Lipinski definition) is 0. The molecule has 0 spiro atoms. The van der Waals surface area contributed by atoms with E-state index in [1.165, 1.54) is 23.9 Å². The molecule has 1 aliphatic heterocycles.